The minimum Gasteiger partial charge on any atom is -0.360 e. The highest BCUT2D eigenvalue weighted by Crippen LogP contribution is 2.13. The second kappa shape index (κ2) is 7.28. The van der Waals surface area contributed by atoms with Gasteiger partial charge in [-0.05, 0) is 37.9 Å². The molecule has 0 bridgehead atoms. The summed E-state index contributed by atoms with van der Waals surface area (Å²) in [5.74, 6) is 1.07. The topological polar surface area (TPSA) is 28.2 Å². The van der Waals surface area contributed by atoms with E-state index < -0.39 is 0 Å². The zero-order chi connectivity index (χ0) is 12.7. The van der Waals surface area contributed by atoms with E-state index >= 15 is 0 Å². The predicted molar refractivity (Wildman–Crippen MR) is 74.5 cm³/mol. The van der Waals surface area contributed by atoms with Crippen molar-refractivity contribution in [3.63, 3.8) is 0 Å². The van der Waals surface area contributed by atoms with Crippen LogP contribution in [0.1, 0.15) is 37.9 Å². The van der Waals surface area contributed by atoms with Gasteiger partial charge in [-0.3, -0.25) is 0 Å². The third-order valence-electron chi connectivity index (χ3n) is 2.87. The number of nitrogens with zero attached hydrogens (tertiary/aromatic N) is 2. The van der Waals surface area contributed by atoms with Crippen LogP contribution in [0, 0.1) is 6.92 Å². The van der Waals surface area contributed by atoms with Crippen LogP contribution in [0.15, 0.2) is 12.1 Å². The summed E-state index contributed by atoms with van der Waals surface area (Å²) in [5.41, 5.74) is 2.43. The Morgan fingerprint density at radius 2 is 2.00 bits per heavy atom. The fraction of sp³-hybridized carbons (Fsp3) is 0.643. The van der Waals surface area contributed by atoms with Crippen LogP contribution in [0.2, 0.25) is 0 Å². The number of aryl methyl sites for hydroxylation is 1. The second-order valence-corrected chi connectivity index (χ2v) is 4.51. The van der Waals surface area contributed by atoms with E-state index in [1.165, 1.54) is 12.0 Å². The number of aromatic nitrogens is 1. The lowest BCUT2D eigenvalue weighted by molar-refractivity contribution is 0.670. The Bertz CT molecular complexity index is 336. The molecule has 1 N–H and O–H groups in total. The Morgan fingerprint density at radius 1 is 1.24 bits per heavy atom. The number of hydrogen-bond acceptors (Lipinski definition) is 3. The van der Waals surface area contributed by atoms with Gasteiger partial charge < -0.3 is 10.2 Å². The number of anilines is 1. The Hall–Kier alpha value is -1.09. The van der Waals surface area contributed by atoms with Crippen LogP contribution in [0.3, 0.4) is 0 Å². The molecule has 3 heteroatoms. The Balaban J connectivity index is 2.65. The molecule has 0 aliphatic heterocycles. The van der Waals surface area contributed by atoms with Crippen molar-refractivity contribution in [1.29, 1.82) is 0 Å². The summed E-state index contributed by atoms with van der Waals surface area (Å²) in [5, 5.41) is 3.41. The normalized spacial score (nSPS) is 10.6. The Morgan fingerprint density at radius 3 is 2.59 bits per heavy atom. The molecule has 1 aromatic rings. The highest BCUT2D eigenvalue weighted by molar-refractivity contribution is 5.40. The van der Waals surface area contributed by atoms with Crippen molar-refractivity contribution in [2.75, 3.05) is 25.0 Å². The van der Waals surface area contributed by atoms with E-state index in [4.69, 9.17) is 0 Å². The average molecular weight is 235 g/mol. The van der Waals surface area contributed by atoms with Crippen LogP contribution in [0.4, 0.5) is 5.82 Å². The largest absolute Gasteiger partial charge is 0.360 e. The van der Waals surface area contributed by atoms with Crippen LogP contribution in [-0.2, 0) is 6.54 Å². The molecular formula is C14H25N3. The van der Waals surface area contributed by atoms with Gasteiger partial charge in [0, 0.05) is 25.8 Å². The van der Waals surface area contributed by atoms with Gasteiger partial charge >= 0.3 is 0 Å². The zero-order valence-electron chi connectivity index (χ0n) is 11.6. The highest BCUT2D eigenvalue weighted by atomic mass is 15.2. The summed E-state index contributed by atoms with van der Waals surface area (Å²) < 4.78 is 0. The van der Waals surface area contributed by atoms with Crippen LogP contribution in [0.25, 0.3) is 0 Å². The maximum atomic E-state index is 4.66. The summed E-state index contributed by atoms with van der Waals surface area (Å²) in [6, 6.07) is 4.30. The minimum atomic E-state index is 0.921. The van der Waals surface area contributed by atoms with E-state index in [9.17, 15) is 0 Å². The zero-order valence-corrected chi connectivity index (χ0v) is 11.6. The lowest BCUT2D eigenvalue weighted by Gasteiger charge is -2.18. The minimum absolute atomic E-state index is 0.921. The third-order valence-corrected chi connectivity index (χ3v) is 2.87. The molecule has 0 amide bonds. The molecule has 0 aromatic carbocycles. The molecule has 0 saturated heterocycles. The first-order chi connectivity index (χ1) is 8.19. The van der Waals surface area contributed by atoms with Gasteiger partial charge in [0.15, 0.2) is 0 Å². The van der Waals surface area contributed by atoms with E-state index in [1.807, 2.05) is 0 Å². The van der Waals surface area contributed by atoms with Gasteiger partial charge in [-0.2, -0.15) is 0 Å². The first-order valence-corrected chi connectivity index (χ1v) is 6.57. The van der Waals surface area contributed by atoms with Gasteiger partial charge in [0.05, 0.1) is 0 Å². The van der Waals surface area contributed by atoms with Gasteiger partial charge in [-0.15, -0.1) is 0 Å². The molecule has 17 heavy (non-hydrogen) atoms. The number of rotatable bonds is 7. The molecule has 96 valence electrons. The maximum Gasteiger partial charge on any atom is 0.128 e. The molecule has 0 fully saturated rings. The van der Waals surface area contributed by atoms with Gasteiger partial charge in [-0.25, -0.2) is 4.98 Å². The number of nitrogens with one attached hydrogen (secondary N) is 1. The molecule has 0 spiro atoms. The van der Waals surface area contributed by atoms with Gasteiger partial charge in [0.25, 0.3) is 0 Å². The van der Waals surface area contributed by atoms with Crippen LogP contribution in [0.5, 0.6) is 0 Å². The molecule has 0 unspecified atom stereocenters. The number of pyridine rings is 1. The third kappa shape index (κ3) is 4.35. The molecule has 0 atom stereocenters. The van der Waals surface area contributed by atoms with Crippen molar-refractivity contribution in [2.24, 2.45) is 0 Å². The number of hydrogen-bond donors (Lipinski definition) is 1. The predicted octanol–water partition coefficient (Wildman–Crippen LogP) is 2.74. The molecule has 1 heterocycles. The average Bonchev–Trinajstić information content (AvgIpc) is 2.31. The van der Waals surface area contributed by atoms with Crippen molar-refractivity contribution in [1.82, 2.24) is 10.3 Å². The van der Waals surface area contributed by atoms with Gasteiger partial charge in [-0.1, -0.05) is 19.9 Å². The second-order valence-electron chi connectivity index (χ2n) is 4.51. The van der Waals surface area contributed by atoms with Gasteiger partial charge in [0.2, 0.25) is 0 Å². The van der Waals surface area contributed by atoms with E-state index in [2.05, 4.69) is 55.2 Å². The standard InChI is InChI=1S/C14H25N3/c1-5-9-15-11-13-7-8-14(16-12(13)3)17(4)10-6-2/h7-8,15H,5-6,9-11H2,1-4H3. The Kier molecular flexibility index (Phi) is 5.98. The lowest BCUT2D eigenvalue weighted by atomic mass is 10.2. The smallest absolute Gasteiger partial charge is 0.128 e. The summed E-state index contributed by atoms with van der Waals surface area (Å²) in [4.78, 5) is 6.86. The fourth-order valence-corrected chi connectivity index (χ4v) is 1.83. The summed E-state index contributed by atoms with van der Waals surface area (Å²) >= 11 is 0. The van der Waals surface area contributed by atoms with Crippen LogP contribution in [-0.4, -0.2) is 25.1 Å². The molecule has 0 aliphatic rings. The first kappa shape index (κ1) is 14.0. The van der Waals surface area contributed by atoms with E-state index in [1.54, 1.807) is 0 Å². The quantitative estimate of drug-likeness (QED) is 0.737. The lowest BCUT2D eigenvalue weighted by Crippen LogP contribution is -2.20. The van der Waals surface area contributed by atoms with Crippen LogP contribution < -0.4 is 10.2 Å². The van der Waals surface area contributed by atoms with Crippen molar-refractivity contribution >= 4 is 5.82 Å². The summed E-state index contributed by atoms with van der Waals surface area (Å²) in [6.07, 6.45) is 2.32. The van der Waals surface area contributed by atoms with E-state index in [0.29, 0.717) is 0 Å². The Labute approximate surface area is 105 Å². The molecular weight excluding hydrogens is 210 g/mol. The monoisotopic (exact) mass is 235 g/mol. The summed E-state index contributed by atoms with van der Waals surface area (Å²) in [6.45, 7) is 9.50. The van der Waals surface area contributed by atoms with Crippen molar-refractivity contribution in [3.8, 4) is 0 Å². The SMILES string of the molecule is CCCNCc1ccc(N(C)CCC)nc1C. The van der Waals surface area contributed by atoms with Gasteiger partial charge in [0.1, 0.15) is 5.82 Å². The van der Waals surface area contributed by atoms with Crippen LogP contribution >= 0.6 is 0 Å². The first-order valence-electron chi connectivity index (χ1n) is 6.57. The van der Waals surface area contributed by atoms with Crippen molar-refractivity contribution < 1.29 is 0 Å². The highest BCUT2D eigenvalue weighted by Gasteiger charge is 2.04. The van der Waals surface area contributed by atoms with Crippen molar-refractivity contribution in [2.45, 2.75) is 40.2 Å². The van der Waals surface area contributed by atoms with Crippen molar-refractivity contribution in [3.05, 3.63) is 23.4 Å². The van der Waals surface area contributed by atoms with E-state index in [-0.39, 0.29) is 0 Å². The maximum absolute atomic E-state index is 4.66. The fourth-order valence-electron chi connectivity index (χ4n) is 1.83. The molecule has 1 rings (SSSR count). The molecule has 0 saturated carbocycles. The molecule has 0 radical (unpaired) electrons. The molecule has 3 nitrogen and oxygen atoms in total. The van der Waals surface area contributed by atoms with E-state index in [0.717, 1.165) is 37.6 Å². The summed E-state index contributed by atoms with van der Waals surface area (Å²) in [7, 11) is 2.10. The molecule has 0 aliphatic carbocycles. The molecule has 1 aromatic heterocycles.